The molecule has 20 heavy (non-hydrogen) atoms. The van der Waals surface area contributed by atoms with Crippen LogP contribution in [0.25, 0.3) is 0 Å². The lowest BCUT2D eigenvalue weighted by Gasteiger charge is -2.46. The second-order valence-corrected chi connectivity index (χ2v) is 7.01. The Labute approximate surface area is 121 Å². The van der Waals surface area contributed by atoms with Crippen molar-refractivity contribution in [2.45, 2.75) is 52.1 Å². The maximum atomic E-state index is 12.6. The summed E-state index contributed by atoms with van der Waals surface area (Å²) in [5.41, 5.74) is 6.00. The van der Waals surface area contributed by atoms with E-state index in [1.54, 1.807) is 11.9 Å². The summed E-state index contributed by atoms with van der Waals surface area (Å²) in [6.45, 7) is 7.07. The van der Waals surface area contributed by atoms with Crippen molar-refractivity contribution in [2.75, 3.05) is 13.6 Å². The van der Waals surface area contributed by atoms with Gasteiger partial charge >= 0.3 is 0 Å². The zero-order valence-corrected chi connectivity index (χ0v) is 13.0. The average Bonchev–Trinajstić information content (AvgIpc) is 2.68. The molecular formula is C15H27N3O2. The van der Waals surface area contributed by atoms with Crippen molar-refractivity contribution in [3.63, 3.8) is 0 Å². The van der Waals surface area contributed by atoms with Gasteiger partial charge in [-0.2, -0.15) is 0 Å². The molecule has 1 aliphatic heterocycles. The first-order valence-electron chi connectivity index (χ1n) is 7.56. The molecule has 2 aliphatic rings. The number of hydrogen-bond donors (Lipinski definition) is 2. The molecule has 5 heteroatoms. The Kier molecular flexibility index (Phi) is 4.09. The lowest BCUT2D eigenvalue weighted by Crippen LogP contribution is -2.53. The molecule has 2 amide bonds. The molecule has 1 aliphatic carbocycles. The highest BCUT2D eigenvalue weighted by Crippen LogP contribution is 2.44. The summed E-state index contributed by atoms with van der Waals surface area (Å²) in [6, 6.07) is -0.178. The van der Waals surface area contributed by atoms with Crippen LogP contribution in [0.1, 0.15) is 40.0 Å². The maximum Gasteiger partial charge on any atom is 0.244 e. The van der Waals surface area contributed by atoms with Gasteiger partial charge in [0, 0.05) is 25.6 Å². The van der Waals surface area contributed by atoms with Crippen LogP contribution in [-0.4, -0.2) is 42.4 Å². The lowest BCUT2D eigenvalue weighted by molar-refractivity contribution is -0.137. The summed E-state index contributed by atoms with van der Waals surface area (Å²) in [5, 5.41) is 2.95. The Morgan fingerprint density at radius 1 is 1.35 bits per heavy atom. The quantitative estimate of drug-likeness (QED) is 0.783. The molecule has 1 heterocycles. The summed E-state index contributed by atoms with van der Waals surface area (Å²) in [7, 11) is 1.78. The molecule has 1 saturated carbocycles. The monoisotopic (exact) mass is 281 g/mol. The van der Waals surface area contributed by atoms with Crippen molar-refractivity contribution in [3.8, 4) is 0 Å². The van der Waals surface area contributed by atoms with Gasteiger partial charge in [0.2, 0.25) is 11.8 Å². The summed E-state index contributed by atoms with van der Waals surface area (Å²) in [4.78, 5) is 26.1. The van der Waals surface area contributed by atoms with Crippen molar-refractivity contribution in [2.24, 2.45) is 23.0 Å². The van der Waals surface area contributed by atoms with Crippen molar-refractivity contribution < 1.29 is 9.59 Å². The molecule has 4 atom stereocenters. The van der Waals surface area contributed by atoms with E-state index in [1.807, 2.05) is 0 Å². The van der Waals surface area contributed by atoms with E-state index < -0.39 is 0 Å². The number of rotatable bonds is 2. The normalized spacial score (nSPS) is 37.0. The standard InChI is InChI=1S/C15H27N3O2/c1-9-11(16)6-5-10(15(9,2)3)13(19)17-12-7-8-18(4)14(12)20/h9-12H,5-8,16H2,1-4H3,(H,17,19). The molecule has 5 nitrogen and oxygen atoms in total. The van der Waals surface area contributed by atoms with E-state index in [4.69, 9.17) is 5.73 Å². The summed E-state index contributed by atoms with van der Waals surface area (Å²) >= 11 is 0. The second kappa shape index (κ2) is 5.35. The van der Waals surface area contributed by atoms with Crippen molar-refractivity contribution in [1.29, 1.82) is 0 Å². The Bertz CT molecular complexity index is 408. The zero-order valence-electron chi connectivity index (χ0n) is 13.0. The Balaban J connectivity index is 2.04. The second-order valence-electron chi connectivity index (χ2n) is 7.01. The largest absolute Gasteiger partial charge is 0.344 e. The van der Waals surface area contributed by atoms with Gasteiger partial charge in [-0.15, -0.1) is 0 Å². The summed E-state index contributed by atoms with van der Waals surface area (Å²) < 4.78 is 0. The van der Waals surface area contributed by atoms with Crippen LogP contribution in [0.2, 0.25) is 0 Å². The minimum absolute atomic E-state index is 0.0161. The third kappa shape index (κ3) is 2.55. The Morgan fingerprint density at radius 2 is 2.00 bits per heavy atom. The van der Waals surface area contributed by atoms with Crippen LogP contribution in [-0.2, 0) is 9.59 Å². The van der Waals surface area contributed by atoms with E-state index in [1.165, 1.54) is 0 Å². The first-order valence-corrected chi connectivity index (χ1v) is 7.56. The van der Waals surface area contributed by atoms with E-state index in [0.29, 0.717) is 12.3 Å². The third-order valence-corrected chi connectivity index (χ3v) is 5.56. The van der Waals surface area contributed by atoms with Crippen LogP contribution in [0, 0.1) is 17.3 Å². The van der Waals surface area contributed by atoms with Crippen LogP contribution < -0.4 is 11.1 Å². The minimum atomic E-state index is -0.339. The molecule has 0 bridgehead atoms. The van der Waals surface area contributed by atoms with Gasteiger partial charge < -0.3 is 16.0 Å². The summed E-state index contributed by atoms with van der Waals surface area (Å²) in [5.74, 6) is 0.282. The van der Waals surface area contributed by atoms with Gasteiger partial charge in [0.05, 0.1) is 0 Å². The molecule has 0 spiro atoms. The van der Waals surface area contributed by atoms with Crippen molar-refractivity contribution in [1.82, 2.24) is 10.2 Å². The molecule has 0 aromatic rings. The van der Waals surface area contributed by atoms with Crippen LogP contribution in [0.3, 0.4) is 0 Å². The van der Waals surface area contributed by atoms with Gasteiger partial charge in [0.1, 0.15) is 6.04 Å². The minimum Gasteiger partial charge on any atom is -0.344 e. The molecular weight excluding hydrogens is 254 g/mol. The number of likely N-dealkylation sites (tertiary alicyclic amines) is 1. The van der Waals surface area contributed by atoms with Crippen LogP contribution in [0.15, 0.2) is 0 Å². The number of amides is 2. The Hall–Kier alpha value is -1.10. The van der Waals surface area contributed by atoms with E-state index in [0.717, 1.165) is 19.4 Å². The van der Waals surface area contributed by atoms with Crippen LogP contribution in [0.4, 0.5) is 0 Å². The third-order valence-electron chi connectivity index (χ3n) is 5.56. The van der Waals surface area contributed by atoms with Gasteiger partial charge in [-0.05, 0) is 30.6 Å². The lowest BCUT2D eigenvalue weighted by atomic mass is 9.61. The molecule has 114 valence electrons. The molecule has 0 aromatic heterocycles. The number of carbonyl (C=O) groups excluding carboxylic acids is 2. The molecule has 0 aromatic carbocycles. The van der Waals surface area contributed by atoms with Crippen molar-refractivity contribution >= 4 is 11.8 Å². The molecule has 2 fully saturated rings. The number of hydrogen-bond acceptors (Lipinski definition) is 3. The number of nitrogens with zero attached hydrogens (tertiary/aromatic N) is 1. The highest BCUT2D eigenvalue weighted by atomic mass is 16.2. The SMILES string of the molecule is CC1C(N)CCC(C(=O)NC2CCN(C)C2=O)C1(C)C. The highest BCUT2D eigenvalue weighted by Gasteiger charge is 2.46. The Morgan fingerprint density at radius 3 is 2.55 bits per heavy atom. The first-order chi connectivity index (χ1) is 9.25. The van der Waals surface area contributed by atoms with E-state index in [9.17, 15) is 9.59 Å². The first kappa shape index (κ1) is 15.3. The molecule has 0 radical (unpaired) electrons. The number of nitrogens with one attached hydrogen (secondary N) is 1. The zero-order chi connectivity index (χ0) is 15.1. The fourth-order valence-electron chi connectivity index (χ4n) is 3.55. The fraction of sp³-hybridized carbons (Fsp3) is 0.867. The molecule has 4 unspecified atom stereocenters. The van der Waals surface area contributed by atoms with Gasteiger partial charge in [0.25, 0.3) is 0 Å². The summed E-state index contributed by atoms with van der Waals surface area (Å²) in [6.07, 6.45) is 2.39. The smallest absolute Gasteiger partial charge is 0.244 e. The van der Waals surface area contributed by atoms with Gasteiger partial charge in [-0.3, -0.25) is 9.59 Å². The van der Waals surface area contributed by atoms with Crippen LogP contribution >= 0.6 is 0 Å². The van der Waals surface area contributed by atoms with Gasteiger partial charge in [-0.1, -0.05) is 20.8 Å². The van der Waals surface area contributed by atoms with Crippen molar-refractivity contribution in [3.05, 3.63) is 0 Å². The predicted octanol–water partition coefficient (Wildman–Crippen LogP) is 0.733. The van der Waals surface area contributed by atoms with Gasteiger partial charge in [-0.25, -0.2) is 0 Å². The maximum absolute atomic E-state index is 12.6. The fourth-order valence-corrected chi connectivity index (χ4v) is 3.55. The highest BCUT2D eigenvalue weighted by molar-refractivity contribution is 5.90. The molecule has 3 N–H and O–H groups in total. The number of likely N-dealkylation sites (N-methyl/N-ethyl adjacent to an activating group) is 1. The molecule has 2 rings (SSSR count). The predicted molar refractivity (Wildman–Crippen MR) is 77.8 cm³/mol. The van der Waals surface area contributed by atoms with E-state index in [-0.39, 0.29) is 35.2 Å². The van der Waals surface area contributed by atoms with E-state index in [2.05, 4.69) is 26.1 Å². The number of nitrogens with two attached hydrogens (primary N) is 1. The van der Waals surface area contributed by atoms with Gasteiger partial charge in [0.15, 0.2) is 0 Å². The average molecular weight is 281 g/mol. The number of carbonyl (C=O) groups is 2. The van der Waals surface area contributed by atoms with Crippen LogP contribution in [0.5, 0.6) is 0 Å². The molecule has 1 saturated heterocycles. The van der Waals surface area contributed by atoms with E-state index >= 15 is 0 Å². The topological polar surface area (TPSA) is 75.4 Å².